The molecule has 2 bridgehead atoms. The number of hydrogen-bond acceptors (Lipinski definition) is 3. The first-order valence-corrected chi connectivity index (χ1v) is 7.78. The molecule has 4 aliphatic rings. The van der Waals surface area contributed by atoms with Crippen LogP contribution in [0.4, 0.5) is 0 Å². The second-order valence-electron chi connectivity index (χ2n) is 7.07. The van der Waals surface area contributed by atoms with Gasteiger partial charge in [-0.05, 0) is 45.1 Å². The van der Waals surface area contributed by atoms with Gasteiger partial charge in [0.25, 0.3) is 0 Å². The van der Waals surface area contributed by atoms with Crippen molar-refractivity contribution < 1.29 is 0 Å². The molecule has 0 radical (unpaired) electrons. The zero-order valence-electron chi connectivity index (χ0n) is 12.3. The third-order valence-corrected chi connectivity index (χ3v) is 5.55. The molecular weight excluding hydrogens is 222 g/mol. The molecule has 3 nitrogen and oxygen atoms in total. The largest absolute Gasteiger partial charge is 0.304 e. The van der Waals surface area contributed by atoms with E-state index in [0.717, 1.165) is 23.8 Å². The Labute approximate surface area is 112 Å². The number of fused-ring (bicyclic) bond motifs is 2. The van der Waals surface area contributed by atoms with E-state index < -0.39 is 0 Å². The van der Waals surface area contributed by atoms with E-state index in [2.05, 4.69) is 35.6 Å². The highest BCUT2D eigenvalue weighted by Crippen LogP contribution is 2.46. The van der Waals surface area contributed by atoms with Gasteiger partial charge in [-0.25, -0.2) is 0 Å². The van der Waals surface area contributed by atoms with Crippen LogP contribution in [0, 0.1) is 17.8 Å². The molecule has 0 N–H and O–H groups in total. The Morgan fingerprint density at radius 3 is 2.17 bits per heavy atom. The summed E-state index contributed by atoms with van der Waals surface area (Å²) in [5.41, 5.74) is 0. The molecule has 18 heavy (non-hydrogen) atoms. The smallest absolute Gasteiger partial charge is 0.0110 e. The number of nitrogens with zero attached hydrogens (tertiary/aromatic N) is 3. The van der Waals surface area contributed by atoms with Crippen molar-refractivity contribution in [1.82, 2.24) is 14.7 Å². The SMILES string of the molecule is CC(C)N1CC2CC(C1)C2CN1CCN(C)CC1. The van der Waals surface area contributed by atoms with Crippen LogP contribution < -0.4 is 0 Å². The maximum atomic E-state index is 2.72. The van der Waals surface area contributed by atoms with E-state index in [9.17, 15) is 0 Å². The molecule has 1 saturated carbocycles. The predicted molar refractivity (Wildman–Crippen MR) is 75.7 cm³/mol. The first kappa shape index (κ1) is 12.9. The number of piperidine rings is 2. The Kier molecular flexibility index (Phi) is 3.65. The maximum Gasteiger partial charge on any atom is 0.0110 e. The van der Waals surface area contributed by atoms with Crippen molar-refractivity contribution in [3.63, 3.8) is 0 Å². The van der Waals surface area contributed by atoms with Crippen molar-refractivity contribution in [2.45, 2.75) is 26.3 Å². The highest BCUT2D eigenvalue weighted by Gasteiger charge is 2.47. The summed E-state index contributed by atoms with van der Waals surface area (Å²) in [4.78, 5) is 7.87. The van der Waals surface area contributed by atoms with Crippen molar-refractivity contribution in [2.75, 3.05) is 52.9 Å². The van der Waals surface area contributed by atoms with Crippen LogP contribution in [0.5, 0.6) is 0 Å². The molecule has 3 aliphatic heterocycles. The van der Waals surface area contributed by atoms with Crippen molar-refractivity contribution in [1.29, 1.82) is 0 Å². The fourth-order valence-corrected chi connectivity index (χ4v) is 4.07. The first-order chi connectivity index (χ1) is 8.63. The predicted octanol–water partition coefficient (Wildman–Crippen LogP) is 1.21. The van der Waals surface area contributed by atoms with Gasteiger partial charge in [-0.15, -0.1) is 0 Å². The molecule has 2 unspecified atom stereocenters. The Bertz CT molecular complexity index is 271. The highest BCUT2D eigenvalue weighted by molar-refractivity contribution is 4.99. The van der Waals surface area contributed by atoms with Gasteiger partial charge < -0.3 is 14.7 Å². The highest BCUT2D eigenvalue weighted by atomic mass is 15.3. The first-order valence-electron chi connectivity index (χ1n) is 7.78. The minimum atomic E-state index is 0.750. The lowest BCUT2D eigenvalue weighted by atomic mass is 9.61. The second-order valence-corrected chi connectivity index (χ2v) is 7.07. The van der Waals surface area contributed by atoms with Crippen LogP contribution in [-0.2, 0) is 0 Å². The Morgan fingerprint density at radius 2 is 1.61 bits per heavy atom. The average Bonchev–Trinajstić information content (AvgIpc) is 2.38. The molecule has 0 spiro atoms. The lowest BCUT2D eigenvalue weighted by Crippen LogP contribution is -2.60. The molecule has 3 saturated heterocycles. The molecule has 0 aromatic rings. The monoisotopic (exact) mass is 251 g/mol. The van der Waals surface area contributed by atoms with E-state index in [0.29, 0.717) is 0 Å². The number of piperazine rings is 1. The third kappa shape index (κ3) is 2.45. The summed E-state index contributed by atoms with van der Waals surface area (Å²) >= 11 is 0. The van der Waals surface area contributed by atoms with Gasteiger partial charge in [-0.3, -0.25) is 0 Å². The van der Waals surface area contributed by atoms with Gasteiger partial charge in [-0.1, -0.05) is 0 Å². The van der Waals surface area contributed by atoms with Gasteiger partial charge in [0.1, 0.15) is 0 Å². The zero-order chi connectivity index (χ0) is 12.7. The molecule has 1 aliphatic carbocycles. The molecule has 4 rings (SSSR count). The minimum absolute atomic E-state index is 0.750. The van der Waals surface area contributed by atoms with Gasteiger partial charge in [0, 0.05) is 51.9 Å². The fourth-order valence-electron chi connectivity index (χ4n) is 4.07. The van der Waals surface area contributed by atoms with Gasteiger partial charge in [0.2, 0.25) is 0 Å². The van der Waals surface area contributed by atoms with Gasteiger partial charge in [0.05, 0.1) is 0 Å². The summed E-state index contributed by atoms with van der Waals surface area (Å²) in [5.74, 6) is 3.03. The molecule has 2 atom stereocenters. The molecule has 0 amide bonds. The topological polar surface area (TPSA) is 9.72 Å². The van der Waals surface area contributed by atoms with E-state index in [1.807, 2.05) is 0 Å². The standard InChI is InChI=1S/C15H29N3/c1-12(2)18-9-13-8-14(10-18)15(13)11-17-6-4-16(3)5-7-17/h12-15H,4-11H2,1-3H3. The Hall–Kier alpha value is -0.120. The van der Waals surface area contributed by atoms with E-state index in [1.54, 1.807) is 0 Å². The zero-order valence-corrected chi connectivity index (χ0v) is 12.3. The van der Waals surface area contributed by atoms with Crippen molar-refractivity contribution in [2.24, 2.45) is 17.8 Å². The summed E-state index contributed by atoms with van der Waals surface area (Å²) < 4.78 is 0. The van der Waals surface area contributed by atoms with Crippen LogP contribution in [0.3, 0.4) is 0 Å². The minimum Gasteiger partial charge on any atom is -0.304 e. The summed E-state index contributed by atoms with van der Waals surface area (Å²) in [5, 5.41) is 0. The number of hydrogen-bond donors (Lipinski definition) is 0. The molecule has 0 aromatic carbocycles. The number of likely N-dealkylation sites (N-methyl/N-ethyl adjacent to an activating group) is 1. The van der Waals surface area contributed by atoms with Crippen LogP contribution in [0.15, 0.2) is 0 Å². The van der Waals surface area contributed by atoms with Gasteiger partial charge in [0.15, 0.2) is 0 Å². The number of rotatable bonds is 3. The van der Waals surface area contributed by atoms with Crippen LogP contribution in [0.25, 0.3) is 0 Å². The maximum absolute atomic E-state index is 2.72. The normalized spacial score (nSPS) is 39.0. The van der Waals surface area contributed by atoms with Crippen LogP contribution >= 0.6 is 0 Å². The molecule has 3 heteroatoms. The summed E-state index contributed by atoms with van der Waals surface area (Å²) in [6.07, 6.45) is 1.52. The molecule has 0 aromatic heterocycles. The fraction of sp³-hybridized carbons (Fsp3) is 1.00. The van der Waals surface area contributed by atoms with Crippen molar-refractivity contribution in [3.8, 4) is 0 Å². The Balaban J connectivity index is 1.48. The summed E-state index contributed by atoms with van der Waals surface area (Å²) in [6.45, 7) is 13.9. The van der Waals surface area contributed by atoms with E-state index in [4.69, 9.17) is 0 Å². The van der Waals surface area contributed by atoms with Crippen LogP contribution in [-0.4, -0.2) is 73.6 Å². The quantitative estimate of drug-likeness (QED) is 0.746. The van der Waals surface area contributed by atoms with Crippen LogP contribution in [0.1, 0.15) is 20.3 Å². The van der Waals surface area contributed by atoms with E-state index >= 15 is 0 Å². The average molecular weight is 251 g/mol. The third-order valence-electron chi connectivity index (χ3n) is 5.55. The van der Waals surface area contributed by atoms with Crippen molar-refractivity contribution in [3.05, 3.63) is 0 Å². The lowest BCUT2D eigenvalue weighted by molar-refractivity contribution is -0.0711. The molecular formula is C15H29N3. The second kappa shape index (κ2) is 5.10. The summed E-state index contributed by atoms with van der Waals surface area (Å²) in [6, 6.07) is 0.750. The van der Waals surface area contributed by atoms with Crippen LogP contribution in [0.2, 0.25) is 0 Å². The van der Waals surface area contributed by atoms with Gasteiger partial charge >= 0.3 is 0 Å². The lowest BCUT2D eigenvalue weighted by Gasteiger charge is -2.56. The Morgan fingerprint density at radius 1 is 1.00 bits per heavy atom. The van der Waals surface area contributed by atoms with Crippen molar-refractivity contribution >= 4 is 0 Å². The van der Waals surface area contributed by atoms with Gasteiger partial charge in [-0.2, -0.15) is 0 Å². The molecule has 104 valence electrons. The molecule has 3 heterocycles. The summed E-state index contributed by atoms with van der Waals surface area (Å²) in [7, 11) is 2.25. The molecule has 4 fully saturated rings. The van der Waals surface area contributed by atoms with E-state index in [-0.39, 0.29) is 0 Å². The van der Waals surface area contributed by atoms with E-state index in [1.165, 1.54) is 52.2 Å².